The minimum Gasteiger partial charge on any atom is -0.299 e. The maximum absolute atomic E-state index is 13.0. The average Bonchev–Trinajstić information content (AvgIpc) is 2.26. The second-order valence-electron chi connectivity index (χ2n) is 4.62. The quantitative estimate of drug-likeness (QED) is 0.800. The van der Waals surface area contributed by atoms with Crippen molar-refractivity contribution in [2.24, 2.45) is 5.41 Å². The number of carbonyl (C=O) groups is 1. The Morgan fingerprint density at radius 3 is 2.75 bits per heavy atom. The molecule has 0 aliphatic heterocycles. The third kappa shape index (κ3) is 1.61. The van der Waals surface area contributed by atoms with Gasteiger partial charge in [0, 0.05) is 22.2 Å². The Hall–Kier alpha value is -0.700. The molecule has 0 amide bonds. The Bertz CT molecular complexity index is 444. The van der Waals surface area contributed by atoms with Crippen molar-refractivity contribution in [3.05, 3.63) is 34.1 Å². The van der Waals surface area contributed by atoms with E-state index < -0.39 is 0 Å². The fourth-order valence-corrected chi connectivity index (χ4v) is 3.02. The van der Waals surface area contributed by atoms with Gasteiger partial charge in [-0.15, -0.1) is 0 Å². The van der Waals surface area contributed by atoms with Gasteiger partial charge in [0.15, 0.2) is 0 Å². The third-order valence-corrected chi connectivity index (χ3v) is 4.55. The largest absolute Gasteiger partial charge is 0.299 e. The van der Waals surface area contributed by atoms with Crippen molar-refractivity contribution in [2.45, 2.75) is 32.6 Å². The normalized spacial score (nSPS) is 29.0. The van der Waals surface area contributed by atoms with Crippen LogP contribution in [-0.4, -0.2) is 5.78 Å². The number of hydrogen-bond donors (Lipinski definition) is 0. The molecule has 1 aliphatic rings. The summed E-state index contributed by atoms with van der Waals surface area (Å²) >= 11 is 3.37. The van der Waals surface area contributed by atoms with Crippen LogP contribution in [0.25, 0.3) is 0 Å². The molecule has 1 aromatic rings. The lowest BCUT2D eigenvalue weighted by Gasteiger charge is -2.45. The molecule has 0 radical (unpaired) electrons. The maximum Gasteiger partial charge on any atom is 0.140 e. The lowest BCUT2D eigenvalue weighted by Crippen LogP contribution is -2.45. The van der Waals surface area contributed by atoms with E-state index in [0.29, 0.717) is 12.2 Å². The van der Waals surface area contributed by atoms with Crippen LogP contribution in [0.2, 0.25) is 0 Å². The molecule has 1 saturated carbocycles. The number of halogens is 2. The first-order valence-electron chi connectivity index (χ1n) is 5.47. The molecule has 1 aromatic carbocycles. The maximum atomic E-state index is 13.0. The topological polar surface area (TPSA) is 17.1 Å². The predicted molar refractivity (Wildman–Crippen MR) is 64.9 cm³/mol. The first-order chi connectivity index (χ1) is 7.49. The molecular weight excluding hydrogens is 271 g/mol. The highest BCUT2D eigenvalue weighted by atomic mass is 79.9. The second-order valence-corrected chi connectivity index (χ2v) is 5.47. The van der Waals surface area contributed by atoms with Crippen LogP contribution in [0.3, 0.4) is 0 Å². The summed E-state index contributed by atoms with van der Waals surface area (Å²) in [6, 6.07) is 4.71. The van der Waals surface area contributed by atoms with E-state index in [0.717, 1.165) is 16.5 Å². The third-order valence-electron chi connectivity index (χ3n) is 3.87. The molecule has 2 rings (SSSR count). The monoisotopic (exact) mass is 284 g/mol. The van der Waals surface area contributed by atoms with Gasteiger partial charge in [0.2, 0.25) is 0 Å². The highest BCUT2D eigenvalue weighted by Crippen LogP contribution is 2.53. The number of ketones is 1. The lowest BCUT2D eigenvalue weighted by molar-refractivity contribution is -0.139. The van der Waals surface area contributed by atoms with Crippen LogP contribution in [0.5, 0.6) is 0 Å². The molecule has 1 nitrogen and oxygen atoms in total. The molecule has 16 heavy (non-hydrogen) atoms. The van der Waals surface area contributed by atoms with Gasteiger partial charge >= 0.3 is 0 Å². The molecular formula is C13H14BrFO. The molecule has 0 saturated heterocycles. The van der Waals surface area contributed by atoms with Crippen molar-refractivity contribution in [2.75, 3.05) is 0 Å². The van der Waals surface area contributed by atoms with Crippen LogP contribution < -0.4 is 0 Å². The molecule has 1 fully saturated rings. The lowest BCUT2D eigenvalue weighted by atomic mass is 9.56. The zero-order valence-electron chi connectivity index (χ0n) is 9.39. The summed E-state index contributed by atoms with van der Waals surface area (Å²) in [6.07, 6.45) is 1.41. The van der Waals surface area contributed by atoms with Crippen LogP contribution in [0.15, 0.2) is 22.7 Å². The van der Waals surface area contributed by atoms with Crippen LogP contribution in [0, 0.1) is 11.2 Å². The highest BCUT2D eigenvalue weighted by Gasteiger charge is 2.50. The van der Waals surface area contributed by atoms with Crippen LogP contribution >= 0.6 is 15.9 Å². The molecule has 0 N–H and O–H groups in total. The minimum absolute atomic E-state index is 0.222. The second kappa shape index (κ2) is 3.95. The Kier molecular flexibility index (Phi) is 2.91. The Morgan fingerprint density at radius 2 is 2.25 bits per heavy atom. The van der Waals surface area contributed by atoms with Gasteiger partial charge in [-0.05, 0) is 24.1 Å². The predicted octanol–water partition coefficient (Wildman–Crippen LogP) is 4.06. The summed E-state index contributed by atoms with van der Waals surface area (Å²) in [4.78, 5) is 11.7. The van der Waals surface area contributed by atoms with Crippen LogP contribution in [0.4, 0.5) is 4.39 Å². The van der Waals surface area contributed by atoms with Gasteiger partial charge in [-0.25, -0.2) is 4.39 Å². The van der Waals surface area contributed by atoms with Gasteiger partial charge < -0.3 is 0 Å². The summed E-state index contributed by atoms with van der Waals surface area (Å²) in [5.74, 6) is 0.288. The highest BCUT2D eigenvalue weighted by molar-refractivity contribution is 9.10. The van der Waals surface area contributed by atoms with E-state index in [2.05, 4.69) is 15.9 Å². The molecule has 0 bridgehead atoms. The van der Waals surface area contributed by atoms with Gasteiger partial charge in [0.25, 0.3) is 0 Å². The fraction of sp³-hybridized carbons (Fsp3) is 0.462. The van der Waals surface area contributed by atoms with Crippen molar-refractivity contribution in [3.8, 4) is 0 Å². The van der Waals surface area contributed by atoms with E-state index in [-0.39, 0.29) is 17.2 Å². The molecule has 86 valence electrons. The van der Waals surface area contributed by atoms with Gasteiger partial charge in [-0.1, -0.05) is 35.8 Å². The molecule has 0 aromatic heterocycles. The van der Waals surface area contributed by atoms with Gasteiger partial charge in [0.1, 0.15) is 11.6 Å². The number of benzene rings is 1. The van der Waals surface area contributed by atoms with Crippen molar-refractivity contribution in [3.63, 3.8) is 0 Å². The van der Waals surface area contributed by atoms with E-state index in [9.17, 15) is 9.18 Å². The summed E-state index contributed by atoms with van der Waals surface area (Å²) in [6.45, 7) is 4.03. The van der Waals surface area contributed by atoms with Gasteiger partial charge in [-0.2, -0.15) is 0 Å². The smallest absolute Gasteiger partial charge is 0.140 e. The van der Waals surface area contributed by atoms with Crippen molar-refractivity contribution < 1.29 is 9.18 Å². The summed E-state index contributed by atoms with van der Waals surface area (Å²) in [5, 5.41) is 0. The number of carbonyl (C=O) groups excluding carboxylic acids is 1. The number of hydrogen-bond acceptors (Lipinski definition) is 1. The Balaban J connectivity index is 2.36. The van der Waals surface area contributed by atoms with Gasteiger partial charge in [0.05, 0.1) is 0 Å². The van der Waals surface area contributed by atoms with Crippen LogP contribution in [0.1, 0.15) is 38.2 Å². The number of Topliss-reactive ketones (excluding diaryl/α,β-unsaturated/α-hetero) is 1. The fourth-order valence-electron chi connectivity index (χ4n) is 2.39. The number of rotatable bonds is 2. The molecule has 0 spiro atoms. The van der Waals surface area contributed by atoms with Crippen molar-refractivity contribution in [1.29, 1.82) is 0 Å². The Labute approximate surface area is 103 Å². The van der Waals surface area contributed by atoms with Crippen molar-refractivity contribution >= 4 is 21.7 Å². The van der Waals surface area contributed by atoms with Crippen molar-refractivity contribution in [1.82, 2.24) is 0 Å². The zero-order valence-corrected chi connectivity index (χ0v) is 11.0. The van der Waals surface area contributed by atoms with E-state index in [1.807, 2.05) is 13.8 Å². The summed E-state index contributed by atoms with van der Waals surface area (Å²) in [5.41, 5.74) is 0.783. The summed E-state index contributed by atoms with van der Waals surface area (Å²) in [7, 11) is 0. The first kappa shape index (κ1) is 11.8. The van der Waals surface area contributed by atoms with E-state index >= 15 is 0 Å². The first-order valence-corrected chi connectivity index (χ1v) is 6.26. The standard InChI is InChI=1S/C13H14BrFO/c1-3-13(2)10(7-12(13)16)9-5-4-8(15)6-11(9)14/h4-6,10H,3,7H2,1-2H3. The summed E-state index contributed by atoms with van der Waals surface area (Å²) < 4.78 is 13.8. The molecule has 1 aliphatic carbocycles. The average molecular weight is 285 g/mol. The molecule has 3 heteroatoms. The zero-order chi connectivity index (χ0) is 11.9. The van der Waals surface area contributed by atoms with E-state index in [4.69, 9.17) is 0 Å². The van der Waals surface area contributed by atoms with Gasteiger partial charge in [-0.3, -0.25) is 4.79 Å². The molecule has 2 unspecified atom stereocenters. The van der Waals surface area contributed by atoms with E-state index in [1.54, 1.807) is 6.07 Å². The Morgan fingerprint density at radius 1 is 1.56 bits per heavy atom. The minimum atomic E-state index is -0.264. The van der Waals surface area contributed by atoms with E-state index in [1.165, 1.54) is 12.1 Å². The SMILES string of the molecule is CCC1(C)C(=O)CC1c1ccc(F)cc1Br. The molecule has 2 atom stereocenters. The molecule has 0 heterocycles. The van der Waals surface area contributed by atoms with Crippen LogP contribution in [-0.2, 0) is 4.79 Å².